The molecule has 5 nitrogen and oxygen atoms in total. The first-order valence-corrected chi connectivity index (χ1v) is 8.34. The third-order valence-electron chi connectivity index (χ3n) is 4.54. The number of hydrogen-bond donors (Lipinski definition) is 2. The van der Waals surface area contributed by atoms with Gasteiger partial charge in [-0.25, -0.2) is 0 Å². The van der Waals surface area contributed by atoms with Crippen LogP contribution in [0.25, 0.3) is 10.8 Å². The molecule has 3 aromatic rings. The molecule has 1 heterocycles. The molecule has 0 saturated heterocycles. The molecule has 1 amide bonds. The van der Waals surface area contributed by atoms with Crippen molar-refractivity contribution in [2.24, 2.45) is 0 Å². The molecular weight excluding hydrogens is 316 g/mol. The van der Waals surface area contributed by atoms with E-state index in [0.717, 1.165) is 27.6 Å². The zero-order valence-electron chi connectivity index (χ0n) is 14.6. The van der Waals surface area contributed by atoms with E-state index in [9.17, 15) is 9.90 Å². The number of aliphatic hydroxyl groups is 1. The lowest BCUT2D eigenvalue weighted by atomic mass is 9.98. The Bertz CT molecular complexity index is 881. The number of aryl methyl sites for hydroxylation is 2. The summed E-state index contributed by atoms with van der Waals surface area (Å²) < 4.78 is 5.12. The topological polar surface area (TPSA) is 75.4 Å². The zero-order chi connectivity index (χ0) is 18.0. The highest BCUT2D eigenvalue weighted by molar-refractivity contribution is 5.84. The lowest BCUT2D eigenvalue weighted by molar-refractivity contribution is -0.122. The first kappa shape index (κ1) is 17.2. The van der Waals surface area contributed by atoms with Gasteiger partial charge in [-0.1, -0.05) is 41.6 Å². The van der Waals surface area contributed by atoms with Crippen LogP contribution in [-0.4, -0.2) is 22.7 Å². The first-order valence-electron chi connectivity index (χ1n) is 8.34. The number of aliphatic hydroxyl groups excluding tert-OH is 1. The molecule has 0 fully saturated rings. The molecule has 0 spiro atoms. The number of carbonyl (C=O) groups excluding carboxylic acids is 1. The van der Waals surface area contributed by atoms with Gasteiger partial charge in [0.1, 0.15) is 5.76 Å². The summed E-state index contributed by atoms with van der Waals surface area (Å²) in [6.07, 6.45) is -0.759. The molecule has 130 valence electrons. The number of amides is 1. The Kier molecular flexibility index (Phi) is 4.86. The smallest absolute Gasteiger partial charge is 0.227 e. The molecule has 2 N–H and O–H groups in total. The van der Waals surface area contributed by atoms with Gasteiger partial charge < -0.3 is 14.9 Å². The van der Waals surface area contributed by atoms with Crippen LogP contribution in [0.15, 0.2) is 47.0 Å². The third-order valence-corrected chi connectivity index (χ3v) is 4.54. The molecule has 0 aliphatic carbocycles. The molecular formula is C20H22N2O3. The van der Waals surface area contributed by atoms with E-state index in [2.05, 4.69) is 10.5 Å². The summed E-state index contributed by atoms with van der Waals surface area (Å²) in [7, 11) is 0. The van der Waals surface area contributed by atoms with Gasteiger partial charge in [-0.2, -0.15) is 0 Å². The van der Waals surface area contributed by atoms with Gasteiger partial charge in [-0.15, -0.1) is 0 Å². The number of hydrogen-bond acceptors (Lipinski definition) is 4. The van der Waals surface area contributed by atoms with Crippen LogP contribution in [-0.2, 0) is 4.79 Å². The molecule has 3 rings (SSSR count). The molecule has 2 aromatic carbocycles. The van der Waals surface area contributed by atoms with Crippen molar-refractivity contribution in [1.29, 1.82) is 0 Å². The molecule has 0 bridgehead atoms. The highest BCUT2D eigenvalue weighted by Crippen LogP contribution is 2.24. The second-order valence-corrected chi connectivity index (χ2v) is 6.33. The van der Waals surface area contributed by atoms with E-state index in [1.807, 2.05) is 56.3 Å². The standard InChI is InChI=1S/C20H22N2O3/c1-12(19-13(2)22-25-14(19)3)20(24)21-11-18(23)17-9-8-15-6-4-5-7-16(15)10-17/h4-10,12,18,23H,11H2,1-3H3,(H,21,24). The number of nitrogens with zero attached hydrogens (tertiary/aromatic N) is 1. The molecule has 2 atom stereocenters. The van der Waals surface area contributed by atoms with Crippen molar-refractivity contribution in [3.63, 3.8) is 0 Å². The monoisotopic (exact) mass is 338 g/mol. The van der Waals surface area contributed by atoms with E-state index in [1.54, 1.807) is 6.92 Å². The summed E-state index contributed by atoms with van der Waals surface area (Å²) in [5.74, 6) is 0.111. The van der Waals surface area contributed by atoms with Gasteiger partial charge in [0, 0.05) is 12.1 Å². The minimum atomic E-state index is -0.759. The van der Waals surface area contributed by atoms with Gasteiger partial charge in [0.15, 0.2) is 0 Å². The molecule has 2 unspecified atom stereocenters. The number of aromatic nitrogens is 1. The summed E-state index contributed by atoms with van der Waals surface area (Å²) in [4.78, 5) is 12.4. The number of nitrogens with one attached hydrogen (secondary N) is 1. The van der Waals surface area contributed by atoms with Gasteiger partial charge in [-0.05, 0) is 43.2 Å². The Morgan fingerprint density at radius 3 is 2.60 bits per heavy atom. The van der Waals surface area contributed by atoms with Gasteiger partial charge >= 0.3 is 0 Å². The van der Waals surface area contributed by atoms with E-state index in [-0.39, 0.29) is 18.4 Å². The van der Waals surface area contributed by atoms with Crippen LogP contribution in [0.4, 0.5) is 0 Å². The van der Waals surface area contributed by atoms with E-state index < -0.39 is 6.10 Å². The average Bonchev–Trinajstić information content (AvgIpc) is 2.96. The molecule has 0 aliphatic heterocycles. The summed E-state index contributed by atoms with van der Waals surface area (Å²) in [6, 6.07) is 13.8. The number of benzene rings is 2. The Labute approximate surface area is 146 Å². The Hall–Kier alpha value is -2.66. The van der Waals surface area contributed by atoms with Crippen molar-refractivity contribution in [2.45, 2.75) is 32.8 Å². The van der Waals surface area contributed by atoms with E-state index >= 15 is 0 Å². The fourth-order valence-corrected chi connectivity index (χ4v) is 3.12. The summed E-state index contributed by atoms with van der Waals surface area (Å²) in [6.45, 7) is 5.58. The molecule has 25 heavy (non-hydrogen) atoms. The lowest BCUT2D eigenvalue weighted by Crippen LogP contribution is -2.32. The van der Waals surface area contributed by atoms with E-state index in [0.29, 0.717) is 5.76 Å². The largest absolute Gasteiger partial charge is 0.387 e. The zero-order valence-corrected chi connectivity index (χ0v) is 14.6. The highest BCUT2D eigenvalue weighted by atomic mass is 16.5. The number of rotatable bonds is 5. The van der Waals surface area contributed by atoms with Crippen LogP contribution in [0.2, 0.25) is 0 Å². The number of fused-ring (bicyclic) bond motifs is 1. The van der Waals surface area contributed by atoms with Gasteiger partial charge in [0.05, 0.1) is 17.7 Å². The Balaban J connectivity index is 1.66. The predicted octanol–water partition coefficient (Wildman–Crippen LogP) is 3.40. The maximum atomic E-state index is 12.4. The molecule has 0 saturated carbocycles. The second-order valence-electron chi connectivity index (χ2n) is 6.33. The maximum Gasteiger partial charge on any atom is 0.227 e. The maximum absolute atomic E-state index is 12.4. The fourth-order valence-electron chi connectivity index (χ4n) is 3.12. The normalized spacial score (nSPS) is 13.6. The minimum Gasteiger partial charge on any atom is -0.387 e. The minimum absolute atomic E-state index is 0.158. The third kappa shape index (κ3) is 3.56. The van der Waals surface area contributed by atoms with E-state index in [4.69, 9.17) is 4.52 Å². The SMILES string of the molecule is Cc1noc(C)c1C(C)C(=O)NCC(O)c1ccc2ccccc2c1. The van der Waals surface area contributed by atoms with Crippen molar-refractivity contribution in [2.75, 3.05) is 6.54 Å². The van der Waals surface area contributed by atoms with E-state index in [1.165, 1.54) is 0 Å². The van der Waals surface area contributed by atoms with Crippen LogP contribution in [0.3, 0.4) is 0 Å². The quantitative estimate of drug-likeness (QED) is 0.748. The van der Waals surface area contributed by atoms with Gasteiger partial charge in [-0.3, -0.25) is 4.79 Å². The van der Waals surface area contributed by atoms with Gasteiger partial charge in [0.25, 0.3) is 0 Å². The van der Waals surface area contributed by atoms with Crippen LogP contribution < -0.4 is 5.32 Å². The molecule has 5 heteroatoms. The Morgan fingerprint density at radius 1 is 1.20 bits per heavy atom. The predicted molar refractivity (Wildman–Crippen MR) is 96.3 cm³/mol. The van der Waals surface area contributed by atoms with Crippen LogP contribution in [0, 0.1) is 13.8 Å². The summed E-state index contributed by atoms with van der Waals surface area (Å²) in [5.41, 5.74) is 2.30. The second kappa shape index (κ2) is 7.07. The Morgan fingerprint density at radius 2 is 1.92 bits per heavy atom. The van der Waals surface area contributed by atoms with Crippen molar-refractivity contribution in [3.05, 3.63) is 65.0 Å². The average molecular weight is 338 g/mol. The number of carbonyl (C=O) groups is 1. The first-order chi connectivity index (χ1) is 12.0. The summed E-state index contributed by atoms with van der Waals surface area (Å²) >= 11 is 0. The van der Waals surface area contributed by atoms with Crippen molar-refractivity contribution in [3.8, 4) is 0 Å². The van der Waals surface area contributed by atoms with Crippen LogP contribution >= 0.6 is 0 Å². The van der Waals surface area contributed by atoms with Crippen LogP contribution in [0.1, 0.15) is 41.5 Å². The van der Waals surface area contributed by atoms with Crippen molar-refractivity contribution >= 4 is 16.7 Å². The molecule has 0 radical (unpaired) electrons. The highest BCUT2D eigenvalue weighted by Gasteiger charge is 2.23. The van der Waals surface area contributed by atoms with Crippen molar-refractivity contribution < 1.29 is 14.4 Å². The van der Waals surface area contributed by atoms with Gasteiger partial charge in [0.2, 0.25) is 5.91 Å². The summed E-state index contributed by atoms with van der Waals surface area (Å²) in [5, 5.41) is 19.3. The van der Waals surface area contributed by atoms with Crippen LogP contribution in [0.5, 0.6) is 0 Å². The lowest BCUT2D eigenvalue weighted by Gasteiger charge is -2.16. The fraction of sp³-hybridized carbons (Fsp3) is 0.300. The molecule has 1 aromatic heterocycles. The molecule has 0 aliphatic rings. The van der Waals surface area contributed by atoms with Crippen molar-refractivity contribution in [1.82, 2.24) is 10.5 Å².